The van der Waals surface area contributed by atoms with Crippen molar-refractivity contribution in [1.82, 2.24) is 0 Å². The Morgan fingerprint density at radius 3 is 2.41 bits per heavy atom. The maximum absolute atomic E-state index is 5.75. The smallest absolute Gasteiger partial charge is 0.122 e. The normalized spacial score (nSPS) is 11.9. The lowest BCUT2D eigenvalue weighted by molar-refractivity contribution is 0.240. The third-order valence-electron chi connectivity index (χ3n) is 3.09. The number of hydrogen-bond donors (Lipinski definition) is 1. The van der Waals surface area contributed by atoms with E-state index in [9.17, 15) is 0 Å². The fraction of sp³-hybridized carbons (Fsp3) is 0.600. The highest BCUT2D eigenvalue weighted by molar-refractivity contribution is 5.39. The second-order valence-corrected chi connectivity index (χ2v) is 5.57. The van der Waals surface area contributed by atoms with Gasteiger partial charge in [0, 0.05) is 0 Å². The molecule has 0 amide bonds. The molecule has 0 radical (unpaired) electrons. The summed E-state index contributed by atoms with van der Waals surface area (Å²) in [5.74, 6) is 0.979. The van der Waals surface area contributed by atoms with Crippen molar-refractivity contribution in [1.29, 1.82) is 0 Å². The van der Waals surface area contributed by atoms with Gasteiger partial charge in [-0.25, -0.2) is 0 Å². The van der Waals surface area contributed by atoms with Gasteiger partial charge in [-0.2, -0.15) is 0 Å². The van der Waals surface area contributed by atoms with Crippen LogP contribution in [0.15, 0.2) is 18.2 Å². The second-order valence-electron chi connectivity index (χ2n) is 5.57. The van der Waals surface area contributed by atoms with Crippen molar-refractivity contribution in [2.24, 2.45) is 5.73 Å². The van der Waals surface area contributed by atoms with Gasteiger partial charge in [-0.3, -0.25) is 0 Å². The van der Waals surface area contributed by atoms with Crippen molar-refractivity contribution in [2.75, 3.05) is 6.54 Å². The van der Waals surface area contributed by atoms with Crippen molar-refractivity contribution in [3.05, 3.63) is 29.3 Å². The SMILES string of the molecule is Cc1cc(C(C)(C)CCN)ccc1OC(C)C. The molecule has 0 fully saturated rings. The van der Waals surface area contributed by atoms with Crippen molar-refractivity contribution < 1.29 is 4.74 Å². The number of hydrogen-bond acceptors (Lipinski definition) is 2. The Bertz CT molecular complexity index is 369. The van der Waals surface area contributed by atoms with E-state index in [0.717, 1.165) is 18.7 Å². The Morgan fingerprint density at radius 1 is 1.29 bits per heavy atom. The van der Waals surface area contributed by atoms with Gasteiger partial charge < -0.3 is 10.5 Å². The molecular formula is C15H25NO. The summed E-state index contributed by atoms with van der Waals surface area (Å²) in [5, 5.41) is 0. The van der Waals surface area contributed by atoms with Gasteiger partial charge in [0.1, 0.15) is 5.75 Å². The Labute approximate surface area is 105 Å². The predicted molar refractivity (Wildman–Crippen MR) is 73.6 cm³/mol. The Kier molecular flexibility index (Phi) is 4.58. The molecule has 0 aliphatic rings. The van der Waals surface area contributed by atoms with Crippen molar-refractivity contribution in [3.8, 4) is 5.75 Å². The maximum Gasteiger partial charge on any atom is 0.122 e. The van der Waals surface area contributed by atoms with Crippen molar-refractivity contribution >= 4 is 0 Å². The third-order valence-corrected chi connectivity index (χ3v) is 3.09. The Hall–Kier alpha value is -1.02. The van der Waals surface area contributed by atoms with Gasteiger partial charge >= 0.3 is 0 Å². The third kappa shape index (κ3) is 3.74. The van der Waals surface area contributed by atoms with Crippen LogP contribution >= 0.6 is 0 Å². The number of aryl methyl sites for hydroxylation is 1. The fourth-order valence-electron chi connectivity index (χ4n) is 1.96. The van der Waals surface area contributed by atoms with Gasteiger partial charge in [0.05, 0.1) is 6.10 Å². The summed E-state index contributed by atoms with van der Waals surface area (Å²) < 4.78 is 5.75. The van der Waals surface area contributed by atoms with Gasteiger partial charge in [-0.1, -0.05) is 26.0 Å². The molecule has 2 nitrogen and oxygen atoms in total. The number of rotatable bonds is 5. The topological polar surface area (TPSA) is 35.2 Å². The molecule has 1 rings (SSSR count). The molecule has 0 aromatic heterocycles. The van der Waals surface area contributed by atoms with E-state index in [4.69, 9.17) is 10.5 Å². The molecule has 0 atom stereocenters. The first kappa shape index (κ1) is 14.0. The highest BCUT2D eigenvalue weighted by Gasteiger charge is 2.20. The number of ether oxygens (including phenoxy) is 1. The first-order valence-electron chi connectivity index (χ1n) is 6.34. The maximum atomic E-state index is 5.75. The first-order chi connectivity index (χ1) is 7.86. The lowest BCUT2D eigenvalue weighted by Gasteiger charge is -2.25. The van der Waals surface area contributed by atoms with Crippen LogP contribution in [0.1, 0.15) is 45.2 Å². The summed E-state index contributed by atoms with van der Waals surface area (Å²) in [4.78, 5) is 0. The van der Waals surface area contributed by atoms with Crippen molar-refractivity contribution in [2.45, 2.75) is 52.6 Å². The van der Waals surface area contributed by atoms with Gasteiger partial charge in [-0.05, 0) is 56.3 Å². The molecule has 0 saturated heterocycles. The lowest BCUT2D eigenvalue weighted by Crippen LogP contribution is -2.21. The molecule has 2 N–H and O–H groups in total. The fourth-order valence-corrected chi connectivity index (χ4v) is 1.96. The van der Waals surface area contributed by atoms with E-state index in [0.29, 0.717) is 0 Å². The van der Waals surface area contributed by atoms with E-state index < -0.39 is 0 Å². The van der Waals surface area contributed by atoms with Crippen LogP contribution in [-0.4, -0.2) is 12.6 Å². The molecule has 0 aliphatic heterocycles. The minimum Gasteiger partial charge on any atom is -0.491 e. The second kappa shape index (κ2) is 5.54. The molecule has 0 unspecified atom stereocenters. The molecule has 0 spiro atoms. The van der Waals surface area contributed by atoms with Crippen LogP contribution in [0.4, 0.5) is 0 Å². The number of benzene rings is 1. The molecule has 17 heavy (non-hydrogen) atoms. The monoisotopic (exact) mass is 235 g/mol. The summed E-state index contributed by atoms with van der Waals surface area (Å²) >= 11 is 0. The van der Waals surface area contributed by atoms with Gasteiger partial charge in [0.2, 0.25) is 0 Å². The molecule has 0 bridgehead atoms. The van der Waals surface area contributed by atoms with Gasteiger partial charge in [0.25, 0.3) is 0 Å². The highest BCUT2D eigenvalue weighted by Crippen LogP contribution is 2.30. The lowest BCUT2D eigenvalue weighted by atomic mass is 9.81. The quantitative estimate of drug-likeness (QED) is 0.849. The zero-order chi connectivity index (χ0) is 13.1. The Balaban J connectivity index is 2.95. The van der Waals surface area contributed by atoms with Crippen LogP contribution in [0.2, 0.25) is 0 Å². The van der Waals surface area contributed by atoms with E-state index in [-0.39, 0.29) is 11.5 Å². The average molecular weight is 235 g/mol. The molecule has 1 aromatic rings. The van der Waals surface area contributed by atoms with Crippen LogP contribution in [-0.2, 0) is 5.41 Å². The van der Waals surface area contributed by atoms with E-state index >= 15 is 0 Å². The van der Waals surface area contributed by atoms with Crippen LogP contribution < -0.4 is 10.5 Å². The average Bonchev–Trinajstić information content (AvgIpc) is 2.20. The van der Waals surface area contributed by atoms with E-state index in [2.05, 4.69) is 39.0 Å². The van der Waals surface area contributed by atoms with E-state index in [1.54, 1.807) is 0 Å². The Morgan fingerprint density at radius 2 is 1.94 bits per heavy atom. The van der Waals surface area contributed by atoms with Crippen LogP contribution in [0, 0.1) is 6.92 Å². The summed E-state index contributed by atoms with van der Waals surface area (Å²) in [5.41, 5.74) is 8.32. The standard InChI is InChI=1S/C15H25NO/c1-11(2)17-14-7-6-13(10-12(14)3)15(4,5)8-9-16/h6-7,10-11H,8-9,16H2,1-5H3. The largest absolute Gasteiger partial charge is 0.491 e. The highest BCUT2D eigenvalue weighted by atomic mass is 16.5. The zero-order valence-electron chi connectivity index (χ0n) is 11.7. The molecule has 2 heteroatoms. The number of nitrogens with two attached hydrogens (primary N) is 1. The van der Waals surface area contributed by atoms with E-state index in [1.165, 1.54) is 11.1 Å². The predicted octanol–water partition coefficient (Wildman–Crippen LogP) is 3.41. The molecule has 96 valence electrons. The van der Waals surface area contributed by atoms with Gasteiger partial charge in [0.15, 0.2) is 0 Å². The zero-order valence-corrected chi connectivity index (χ0v) is 11.7. The molecule has 0 aliphatic carbocycles. The van der Waals surface area contributed by atoms with Crippen LogP contribution in [0.25, 0.3) is 0 Å². The first-order valence-corrected chi connectivity index (χ1v) is 6.34. The van der Waals surface area contributed by atoms with Gasteiger partial charge in [-0.15, -0.1) is 0 Å². The molecule has 0 saturated carbocycles. The minimum absolute atomic E-state index is 0.135. The summed E-state index contributed by atoms with van der Waals surface area (Å²) in [6.45, 7) is 11.4. The van der Waals surface area contributed by atoms with E-state index in [1.807, 2.05) is 13.8 Å². The minimum atomic E-state index is 0.135. The summed E-state index contributed by atoms with van der Waals surface area (Å²) in [6.07, 6.45) is 1.22. The van der Waals surface area contributed by atoms with Crippen LogP contribution in [0.5, 0.6) is 5.75 Å². The summed E-state index contributed by atoms with van der Waals surface area (Å²) in [7, 11) is 0. The summed E-state index contributed by atoms with van der Waals surface area (Å²) in [6, 6.07) is 6.44. The molecular weight excluding hydrogens is 210 g/mol. The molecule has 0 heterocycles. The molecule has 1 aromatic carbocycles. The van der Waals surface area contributed by atoms with Crippen molar-refractivity contribution in [3.63, 3.8) is 0 Å². The van der Waals surface area contributed by atoms with Crippen LogP contribution in [0.3, 0.4) is 0 Å².